The maximum Gasteiger partial charge on any atom is 0.266 e. The van der Waals surface area contributed by atoms with E-state index in [0.717, 1.165) is 37.2 Å². The van der Waals surface area contributed by atoms with Crippen LogP contribution in [0, 0.1) is 0 Å². The molecule has 0 aliphatic carbocycles. The van der Waals surface area contributed by atoms with E-state index in [-0.39, 0.29) is 5.91 Å². The van der Waals surface area contributed by atoms with Crippen LogP contribution in [0.5, 0.6) is 0 Å². The minimum Gasteiger partial charge on any atom is -0.382 e. The zero-order valence-corrected chi connectivity index (χ0v) is 12.0. The molecule has 1 aromatic carbocycles. The fraction of sp³-hybridized carbons (Fsp3) is 0.467. The number of hydrogen-bond donors (Lipinski definition) is 0. The largest absolute Gasteiger partial charge is 0.382 e. The van der Waals surface area contributed by atoms with Gasteiger partial charge in [0.1, 0.15) is 0 Å². The van der Waals surface area contributed by atoms with Crippen molar-refractivity contribution in [2.24, 2.45) is 5.16 Å². The van der Waals surface area contributed by atoms with Crippen molar-refractivity contribution in [3.05, 3.63) is 34.9 Å². The second kappa shape index (κ2) is 5.83. The highest BCUT2D eigenvalue weighted by Crippen LogP contribution is 2.21. The minimum atomic E-state index is -0.459. The van der Waals surface area contributed by atoms with Gasteiger partial charge in [-0.3, -0.25) is 4.79 Å². The number of likely N-dealkylation sites (tertiary alicyclic amines) is 1. The van der Waals surface area contributed by atoms with Crippen molar-refractivity contribution in [1.82, 2.24) is 4.90 Å². The molecule has 0 aromatic heterocycles. The van der Waals surface area contributed by atoms with Crippen molar-refractivity contribution in [2.45, 2.75) is 31.8 Å². The molecular weight excluding hydrogens is 276 g/mol. The van der Waals surface area contributed by atoms with Crippen LogP contribution in [0.2, 0.25) is 5.02 Å². The van der Waals surface area contributed by atoms with Gasteiger partial charge in [-0.25, -0.2) is 0 Å². The second-order valence-electron chi connectivity index (χ2n) is 5.23. The SMILES string of the molecule is O=C([C@H]1CC(c2ccc(Cl)cc2)=NO1)N1CCCCC1. The fourth-order valence-electron chi connectivity index (χ4n) is 2.64. The van der Waals surface area contributed by atoms with E-state index in [0.29, 0.717) is 11.4 Å². The van der Waals surface area contributed by atoms with Crippen LogP contribution in [-0.4, -0.2) is 35.7 Å². The van der Waals surface area contributed by atoms with Gasteiger partial charge in [0, 0.05) is 24.5 Å². The summed E-state index contributed by atoms with van der Waals surface area (Å²) in [5, 5.41) is 4.75. The summed E-state index contributed by atoms with van der Waals surface area (Å²) in [6, 6.07) is 7.44. The van der Waals surface area contributed by atoms with Crippen molar-refractivity contribution in [2.75, 3.05) is 13.1 Å². The summed E-state index contributed by atoms with van der Waals surface area (Å²) < 4.78 is 0. The summed E-state index contributed by atoms with van der Waals surface area (Å²) in [5.41, 5.74) is 1.78. The van der Waals surface area contributed by atoms with Gasteiger partial charge in [-0.05, 0) is 37.0 Å². The van der Waals surface area contributed by atoms with Crippen molar-refractivity contribution in [3.8, 4) is 0 Å². The molecule has 0 spiro atoms. The molecule has 1 aromatic rings. The summed E-state index contributed by atoms with van der Waals surface area (Å²) in [5.74, 6) is 0.0670. The van der Waals surface area contributed by atoms with Crippen LogP contribution in [0.15, 0.2) is 29.4 Å². The number of hydrogen-bond acceptors (Lipinski definition) is 3. The quantitative estimate of drug-likeness (QED) is 0.841. The number of carbonyl (C=O) groups excluding carboxylic acids is 1. The van der Waals surface area contributed by atoms with E-state index in [1.54, 1.807) is 0 Å². The maximum atomic E-state index is 12.3. The van der Waals surface area contributed by atoms with Crippen LogP contribution in [0.4, 0.5) is 0 Å². The summed E-state index contributed by atoms with van der Waals surface area (Å²) in [6.07, 6.45) is 3.46. The third-order valence-corrected chi connectivity index (χ3v) is 4.04. The lowest BCUT2D eigenvalue weighted by molar-refractivity contribution is -0.143. The molecule has 20 heavy (non-hydrogen) atoms. The van der Waals surface area contributed by atoms with Crippen LogP contribution < -0.4 is 0 Å². The Bertz CT molecular complexity index is 521. The first-order chi connectivity index (χ1) is 9.74. The van der Waals surface area contributed by atoms with Crippen LogP contribution in [0.3, 0.4) is 0 Å². The Balaban J connectivity index is 1.63. The molecule has 0 saturated carbocycles. The first-order valence-electron chi connectivity index (χ1n) is 7.01. The average Bonchev–Trinajstić information content (AvgIpc) is 2.98. The molecule has 106 valence electrons. The number of amides is 1. The molecule has 2 heterocycles. The summed E-state index contributed by atoms with van der Waals surface area (Å²) >= 11 is 5.87. The molecule has 1 saturated heterocycles. The van der Waals surface area contributed by atoms with E-state index in [4.69, 9.17) is 16.4 Å². The van der Waals surface area contributed by atoms with Crippen molar-refractivity contribution in [1.29, 1.82) is 0 Å². The molecule has 0 unspecified atom stereocenters. The molecule has 2 aliphatic heterocycles. The zero-order valence-electron chi connectivity index (χ0n) is 11.2. The molecular formula is C15H17ClN2O2. The first kappa shape index (κ1) is 13.4. The number of nitrogens with zero attached hydrogens (tertiary/aromatic N) is 2. The topological polar surface area (TPSA) is 41.9 Å². The van der Waals surface area contributed by atoms with Gasteiger partial charge in [-0.1, -0.05) is 28.9 Å². The van der Waals surface area contributed by atoms with Crippen LogP contribution in [0.1, 0.15) is 31.2 Å². The third kappa shape index (κ3) is 2.80. The number of halogens is 1. The van der Waals surface area contributed by atoms with E-state index in [2.05, 4.69) is 5.16 Å². The Labute approximate surface area is 123 Å². The summed E-state index contributed by atoms with van der Waals surface area (Å²) in [6.45, 7) is 1.68. The van der Waals surface area contributed by atoms with Gasteiger partial charge >= 0.3 is 0 Å². The smallest absolute Gasteiger partial charge is 0.266 e. The number of rotatable bonds is 2. The fourth-order valence-corrected chi connectivity index (χ4v) is 2.77. The molecule has 4 nitrogen and oxygen atoms in total. The number of carbonyl (C=O) groups is 1. The predicted molar refractivity (Wildman–Crippen MR) is 77.9 cm³/mol. The Morgan fingerprint density at radius 1 is 1.20 bits per heavy atom. The lowest BCUT2D eigenvalue weighted by Crippen LogP contribution is -2.42. The van der Waals surface area contributed by atoms with Crippen LogP contribution in [-0.2, 0) is 9.63 Å². The highest BCUT2D eigenvalue weighted by atomic mass is 35.5. The number of benzene rings is 1. The monoisotopic (exact) mass is 292 g/mol. The average molecular weight is 293 g/mol. The van der Waals surface area contributed by atoms with Gasteiger partial charge in [-0.15, -0.1) is 0 Å². The van der Waals surface area contributed by atoms with Crippen molar-refractivity contribution >= 4 is 23.2 Å². The van der Waals surface area contributed by atoms with Gasteiger partial charge in [0.15, 0.2) is 0 Å². The van der Waals surface area contributed by atoms with E-state index in [1.807, 2.05) is 29.2 Å². The molecule has 1 amide bonds. The van der Waals surface area contributed by atoms with E-state index >= 15 is 0 Å². The van der Waals surface area contributed by atoms with E-state index < -0.39 is 6.10 Å². The van der Waals surface area contributed by atoms with Gasteiger partial charge < -0.3 is 9.74 Å². The van der Waals surface area contributed by atoms with Gasteiger partial charge in [0.05, 0.1) is 5.71 Å². The normalized spacial score (nSPS) is 22.4. The van der Waals surface area contributed by atoms with Crippen LogP contribution in [0.25, 0.3) is 0 Å². The number of oxime groups is 1. The highest BCUT2D eigenvalue weighted by molar-refractivity contribution is 6.30. The van der Waals surface area contributed by atoms with Gasteiger partial charge in [0.2, 0.25) is 6.10 Å². The van der Waals surface area contributed by atoms with Gasteiger partial charge in [0.25, 0.3) is 5.91 Å². The molecule has 1 fully saturated rings. The predicted octanol–water partition coefficient (Wildman–Crippen LogP) is 2.85. The Hall–Kier alpha value is -1.55. The van der Waals surface area contributed by atoms with Crippen LogP contribution >= 0.6 is 11.6 Å². The number of piperidine rings is 1. The standard InChI is InChI=1S/C15H17ClN2O2/c16-12-6-4-11(5-7-12)13-10-14(20-17-13)15(19)18-8-2-1-3-9-18/h4-7,14H,1-3,8-10H2/t14-/m1/s1. The third-order valence-electron chi connectivity index (χ3n) is 3.79. The second-order valence-corrected chi connectivity index (χ2v) is 5.67. The Morgan fingerprint density at radius 2 is 1.90 bits per heavy atom. The summed E-state index contributed by atoms with van der Waals surface area (Å²) in [7, 11) is 0. The molecule has 2 aliphatic rings. The summed E-state index contributed by atoms with van der Waals surface area (Å²) in [4.78, 5) is 19.6. The van der Waals surface area contributed by atoms with E-state index in [1.165, 1.54) is 6.42 Å². The molecule has 1 atom stereocenters. The minimum absolute atomic E-state index is 0.0670. The Morgan fingerprint density at radius 3 is 2.60 bits per heavy atom. The lowest BCUT2D eigenvalue weighted by atomic mass is 10.0. The molecule has 3 rings (SSSR count). The first-order valence-corrected chi connectivity index (χ1v) is 7.39. The molecule has 0 N–H and O–H groups in total. The molecule has 5 heteroatoms. The zero-order chi connectivity index (χ0) is 13.9. The van der Waals surface area contributed by atoms with Gasteiger partial charge in [-0.2, -0.15) is 0 Å². The molecule has 0 bridgehead atoms. The van der Waals surface area contributed by atoms with Crippen molar-refractivity contribution < 1.29 is 9.63 Å². The highest BCUT2D eigenvalue weighted by Gasteiger charge is 2.32. The maximum absolute atomic E-state index is 12.3. The van der Waals surface area contributed by atoms with Crippen molar-refractivity contribution in [3.63, 3.8) is 0 Å². The Kier molecular flexibility index (Phi) is 3.92. The lowest BCUT2D eigenvalue weighted by Gasteiger charge is -2.28. The molecule has 0 radical (unpaired) electrons. The van der Waals surface area contributed by atoms with E-state index in [9.17, 15) is 4.79 Å².